The van der Waals surface area contributed by atoms with Crippen molar-refractivity contribution in [2.75, 3.05) is 32.8 Å². The summed E-state index contributed by atoms with van der Waals surface area (Å²) in [6.45, 7) is 5.38. The lowest BCUT2D eigenvalue weighted by Gasteiger charge is -2.32. The molecule has 3 aromatic rings. The summed E-state index contributed by atoms with van der Waals surface area (Å²) in [6, 6.07) is 16.6. The highest BCUT2D eigenvalue weighted by molar-refractivity contribution is 6.30. The van der Waals surface area contributed by atoms with Crippen molar-refractivity contribution in [3.8, 4) is 0 Å². The summed E-state index contributed by atoms with van der Waals surface area (Å²) in [5, 5.41) is 0.802. The molecule has 0 unspecified atom stereocenters. The number of likely N-dealkylation sites (tertiary alicyclic amines) is 1. The van der Waals surface area contributed by atoms with Crippen LogP contribution in [0.5, 0.6) is 0 Å². The third-order valence-electron chi connectivity index (χ3n) is 6.29. The van der Waals surface area contributed by atoms with E-state index < -0.39 is 0 Å². The predicted octanol–water partition coefficient (Wildman–Crippen LogP) is 4.48. The Morgan fingerprint density at radius 3 is 2.47 bits per heavy atom. The Hall–Kier alpha value is -1.92. The third-order valence-corrected chi connectivity index (χ3v) is 6.54. The molecule has 30 heavy (non-hydrogen) atoms. The van der Waals surface area contributed by atoms with E-state index in [-0.39, 0.29) is 6.29 Å². The highest BCUT2D eigenvalue weighted by atomic mass is 35.5. The number of para-hydroxylation sites is 2. The lowest BCUT2D eigenvalue weighted by atomic mass is 9.95. The Kier molecular flexibility index (Phi) is 6.05. The molecular formula is C24H28ClN3O2. The van der Waals surface area contributed by atoms with Gasteiger partial charge in [0.25, 0.3) is 0 Å². The van der Waals surface area contributed by atoms with Crippen LogP contribution < -0.4 is 0 Å². The molecule has 0 spiro atoms. The number of fused-ring (bicyclic) bond motifs is 1. The van der Waals surface area contributed by atoms with Crippen molar-refractivity contribution >= 4 is 22.6 Å². The standard InChI is InChI=1S/C24H28ClN3O2/c25-20-7-5-18(6-8-20)9-12-27-13-10-19(11-14-27)24-26-21-3-1-2-4-22(21)28(24)17-23-29-15-16-30-23/h1-8,19,23H,9-17H2. The second kappa shape index (κ2) is 9.06. The predicted molar refractivity (Wildman–Crippen MR) is 119 cm³/mol. The fourth-order valence-electron chi connectivity index (χ4n) is 4.61. The molecule has 2 saturated heterocycles. The molecule has 2 fully saturated rings. The molecule has 0 N–H and O–H groups in total. The molecule has 0 saturated carbocycles. The molecule has 6 heteroatoms. The van der Waals surface area contributed by atoms with Crippen molar-refractivity contribution in [1.82, 2.24) is 14.5 Å². The lowest BCUT2D eigenvalue weighted by molar-refractivity contribution is -0.0524. The average molecular weight is 426 g/mol. The second-order valence-electron chi connectivity index (χ2n) is 8.23. The van der Waals surface area contributed by atoms with Gasteiger partial charge in [-0.3, -0.25) is 0 Å². The zero-order valence-electron chi connectivity index (χ0n) is 17.2. The summed E-state index contributed by atoms with van der Waals surface area (Å²) in [4.78, 5) is 7.60. The SMILES string of the molecule is Clc1ccc(CCN2CCC(c3nc4ccccc4n3CC3OCCO3)CC2)cc1. The minimum Gasteiger partial charge on any atom is -0.348 e. The monoisotopic (exact) mass is 425 g/mol. The van der Waals surface area contributed by atoms with Gasteiger partial charge < -0.3 is 18.9 Å². The zero-order chi connectivity index (χ0) is 20.3. The van der Waals surface area contributed by atoms with Crippen molar-refractivity contribution in [3.05, 3.63) is 64.9 Å². The summed E-state index contributed by atoms with van der Waals surface area (Å²) < 4.78 is 13.8. The quantitative estimate of drug-likeness (QED) is 0.583. The van der Waals surface area contributed by atoms with E-state index in [1.165, 1.54) is 16.9 Å². The van der Waals surface area contributed by atoms with Crippen LogP contribution in [0, 0.1) is 0 Å². The Bertz CT molecular complexity index is 974. The molecule has 0 amide bonds. The van der Waals surface area contributed by atoms with Crippen molar-refractivity contribution in [2.24, 2.45) is 0 Å². The van der Waals surface area contributed by atoms with E-state index in [2.05, 4.69) is 45.9 Å². The van der Waals surface area contributed by atoms with E-state index >= 15 is 0 Å². The van der Waals surface area contributed by atoms with E-state index in [1.807, 2.05) is 12.1 Å². The maximum absolute atomic E-state index is 6.00. The number of hydrogen-bond acceptors (Lipinski definition) is 4. The van der Waals surface area contributed by atoms with Gasteiger partial charge in [-0.2, -0.15) is 0 Å². The van der Waals surface area contributed by atoms with Gasteiger partial charge in [-0.25, -0.2) is 4.98 Å². The molecule has 0 aliphatic carbocycles. The molecule has 2 aliphatic heterocycles. The normalized spacial score (nSPS) is 19.1. The summed E-state index contributed by atoms with van der Waals surface area (Å²) >= 11 is 6.00. The van der Waals surface area contributed by atoms with Gasteiger partial charge in [0, 0.05) is 17.5 Å². The maximum Gasteiger partial charge on any atom is 0.175 e. The van der Waals surface area contributed by atoms with Gasteiger partial charge in [-0.15, -0.1) is 0 Å². The Balaban J connectivity index is 1.25. The summed E-state index contributed by atoms with van der Waals surface area (Å²) in [5.74, 6) is 1.67. The topological polar surface area (TPSA) is 39.5 Å². The van der Waals surface area contributed by atoms with Gasteiger partial charge in [0.1, 0.15) is 5.82 Å². The molecular weight excluding hydrogens is 398 g/mol. The number of benzene rings is 2. The van der Waals surface area contributed by atoms with Crippen molar-refractivity contribution in [1.29, 1.82) is 0 Å². The van der Waals surface area contributed by atoms with Gasteiger partial charge in [0.05, 0.1) is 30.8 Å². The zero-order valence-corrected chi connectivity index (χ0v) is 17.9. The largest absolute Gasteiger partial charge is 0.348 e. The van der Waals surface area contributed by atoms with Crippen LogP contribution in [0.4, 0.5) is 0 Å². The summed E-state index contributed by atoms with van der Waals surface area (Å²) in [5.41, 5.74) is 3.59. The molecule has 1 aromatic heterocycles. The molecule has 0 atom stereocenters. The first-order valence-electron chi connectivity index (χ1n) is 10.9. The molecule has 2 aliphatic rings. The Morgan fingerprint density at radius 1 is 0.967 bits per heavy atom. The number of ether oxygens (including phenoxy) is 2. The highest BCUT2D eigenvalue weighted by Gasteiger charge is 2.27. The summed E-state index contributed by atoms with van der Waals surface area (Å²) in [7, 11) is 0. The van der Waals surface area contributed by atoms with Gasteiger partial charge in [0.2, 0.25) is 0 Å². The van der Waals surface area contributed by atoms with Gasteiger partial charge in [0.15, 0.2) is 6.29 Å². The Morgan fingerprint density at radius 2 is 1.70 bits per heavy atom. The number of aromatic nitrogens is 2. The fraction of sp³-hybridized carbons (Fsp3) is 0.458. The minimum absolute atomic E-state index is 0.166. The van der Waals surface area contributed by atoms with Crippen LogP contribution in [0.15, 0.2) is 48.5 Å². The van der Waals surface area contributed by atoms with Crippen molar-refractivity contribution in [3.63, 3.8) is 0 Å². The molecule has 3 heterocycles. The van der Waals surface area contributed by atoms with Crippen LogP contribution in [-0.4, -0.2) is 53.6 Å². The van der Waals surface area contributed by atoms with E-state index in [4.69, 9.17) is 26.1 Å². The van der Waals surface area contributed by atoms with Crippen LogP contribution in [0.3, 0.4) is 0 Å². The molecule has 5 nitrogen and oxygen atoms in total. The molecule has 158 valence electrons. The van der Waals surface area contributed by atoms with Gasteiger partial charge in [-0.1, -0.05) is 35.9 Å². The van der Waals surface area contributed by atoms with E-state index in [0.29, 0.717) is 25.7 Å². The molecule has 2 aromatic carbocycles. The summed E-state index contributed by atoms with van der Waals surface area (Å²) in [6.07, 6.45) is 3.17. The third kappa shape index (κ3) is 4.40. The molecule has 0 bridgehead atoms. The van der Waals surface area contributed by atoms with Crippen molar-refractivity contribution in [2.45, 2.75) is 38.0 Å². The number of hydrogen-bond donors (Lipinski definition) is 0. The number of nitrogens with zero attached hydrogens (tertiary/aromatic N) is 3. The van der Waals surface area contributed by atoms with Crippen LogP contribution in [-0.2, 0) is 22.4 Å². The highest BCUT2D eigenvalue weighted by Crippen LogP contribution is 2.31. The fourth-order valence-corrected chi connectivity index (χ4v) is 4.74. The first-order valence-corrected chi connectivity index (χ1v) is 11.3. The molecule has 5 rings (SSSR count). The minimum atomic E-state index is -0.166. The average Bonchev–Trinajstić information content (AvgIpc) is 3.42. The lowest BCUT2D eigenvalue weighted by Crippen LogP contribution is -2.35. The van der Waals surface area contributed by atoms with Crippen LogP contribution >= 0.6 is 11.6 Å². The number of imidazole rings is 1. The molecule has 0 radical (unpaired) electrons. The first kappa shape index (κ1) is 20.0. The number of piperidine rings is 1. The van der Waals surface area contributed by atoms with E-state index in [1.54, 1.807) is 0 Å². The second-order valence-corrected chi connectivity index (χ2v) is 8.67. The van der Waals surface area contributed by atoms with Crippen molar-refractivity contribution < 1.29 is 9.47 Å². The van der Waals surface area contributed by atoms with Crippen LogP contribution in [0.25, 0.3) is 11.0 Å². The van der Waals surface area contributed by atoms with E-state index in [0.717, 1.165) is 49.4 Å². The maximum atomic E-state index is 6.00. The Labute approximate surface area is 182 Å². The van der Waals surface area contributed by atoms with Crippen LogP contribution in [0.1, 0.15) is 30.1 Å². The first-order chi connectivity index (χ1) is 14.8. The van der Waals surface area contributed by atoms with Gasteiger partial charge in [-0.05, 0) is 62.2 Å². The van der Waals surface area contributed by atoms with E-state index in [9.17, 15) is 0 Å². The number of rotatable bonds is 6. The smallest absolute Gasteiger partial charge is 0.175 e. The van der Waals surface area contributed by atoms with Crippen LogP contribution in [0.2, 0.25) is 5.02 Å². The number of halogens is 1. The van der Waals surface area contributed by atoms with Gasteiger partial charge >= 0.3 is 0 Å².